The van der Waals surface area contributed by atoms with Gasteiger partial charge in [-0.05, 0) is 13.0 Å². The van der Waals surface area contributed by atoms with Gasteiger partial charge in [0.15, 0.2) is 0 Å². The van der Waals surface area contributed by atoms with Crippen molar-refractivity contribution in [1.29, 1.82) is 0 Å². The first-order valence-corrected chi connectivity index (χ1v) is 6.10. The number of hydrogen-bond acceptors (Lipinski definition) is 3. The Bertz CT molecular complexity index is 349. The van der Waals surface area contributed by atoms with Crippen LogP contribution in [0.5, 0.6) is 0 Å². The van der Waals surface area contributed by atoms with Gasteiger partial charge in [0.25, 0.3) is 0 Å². The normalized spacial score (nSPS) is 11.0. The fourth-order valence-corrected chi connectivity index (χ4v) is 1.75. The highest BCUT2D eigenvalue weighted by molar-refractivity contribution is 5.66. The van der Waals surface area contributed by atoms with E-state index < -0.39 is 5.97 Å². The zero-order valence-electron chi connectivity index (χ0n) is 10.6. The molecule has 0 saturated carbocycles. The number of aryl methyl sites for hydroxylation is 1. The van der Waals surface area contributed by atoms with E-state index in [0.29, 0.717) is 6.54 Å². The fraction of sp³-hybridized carbons (Fsp3) is 0.667. The minimum atomic E-state index is -0.745. The number of imidazole rings is 1. The number of carboxylic acids is 1. The van der Waals surface area contributed by atoms with Crippen LogP contribution in [-0.2, 0) is 17.9 Å². The maximum Gasteiger partial charge on any atom is 0.304 e. The van der Waals surface area contributed by atoms with Gasteiger partial charge in [0.2, 0.25) is 0 Å². The lowest BCUT2D eigenvalue weighted by atomic mass is 10.3. The molecule has 0 radical (unpaired) electrons. The lowest BCUT2D eigenvalue weighted by Gasteiger charge is -2.20. The predicted molar refractivity (Wildman–Crippen MR) is 65.7 cm³/mol. The molecule has 0 unspecified atom stereocenters. The van der Waals surface area contributed by atoms with Crippen LogP contribution in [0.25, 0.3) is 0 Å². The molecule has 0 saturated heterocycles. The molecule has 1 aromatic rings. The Morgan fingerprint density at radius 1 is 1.53 bits per heavy atom. The van der Waals surface area contributed by atoms with Gasteiger partial charge in [-0.3, -0.25) is 9.69 Å². The highest BCUT2D eigenvalue weighted by Gasteiger charge is 2.09. The first kappa shape index (κ1) is 13.7. The van der Waals surface area contributed by atoms with Gasteiger partial charge >= 0.3 is 5.97 Å². The first-order valence-electron chi connectivity index (χ1n) is 6.10. The van der Waals surface area contributed by atoms with E-state index in [-0.39, 0.29) is 6.42 Å². The molecule has 0 bridgehead atoms. The highest BCUT2D eigenvalue weighted by Crippen LogP contribution is 2.06. The topological polar surface area (TPSA) is 58.4 Å². The van der Waals surface area contributed by atoms with Crippen LogP contribution in [0.3, 0.4) is 0 Å². The van der Waals surface area contributed by atoms with E-state index in [0.717, 1.165) is 31.7 Å². The quantitative estimate of drug-likeness (QED) is 0.748. The molecule has 0 amide bonds. The van der Waals surface area contributed by atoms with Crippen molar-refractivity contribution in [1.82, 2.24) is 14.5 Å². The van der Waals surface area contributed by atoms with Gasteiger partial charge < -0.3 is 9.67 Å². The number of nitrogens with zero attached hydrogens (tertiary/aromatic N) is 3. The van der Waals surface area contributed by atoms with Crippen LogP contribution in [0.1, 0.15) is 32.4 Å². The van der Waals surface area contributed by atoms with E-state index >= 15 is 0 Å². The van der Waals surface area contributed by atoms with Crippen molar-refractivity contribution in [2.45, 2.75) is 39.8 Å². The average Bonchev–Trinajstić information content (AvgIpc) is 2.72. The monoisotopic (exact) mass is 239 g/mol. The maximum absolute atomic E-state index is 10.5. The van der Waals surface area contributed by atoms with Crippen molar-refractivity contribution in [3.8, 4) is 0 Å². The largest absolute Gasteiger partial charge is 0.481 e. The molecule has 0 aliphatic heterocycles. The van der Waals surface area contributed by atoms with E-state index in [4.69, 9.17) is 5.11 Å². The van der Waals surface area contributed by atoms with E-state index in [1.165, 1.54) is 0 Å². The van der Waals surface area contributed by atoms with Gasteiger partial charge in [-0.15, -0.1) is 0 Å². The Hall–Kier alpha value is -1.36. The summed E-state index contributed by atoms with van der Waals surface area (Å²) in [5, 5.41) is 8.68. The summed E-state index contributed by atoms with van der Waals surface area (Å²) in [4.78, 5) is 16.8. The molecule has 96 valence electrons. The molecule has 0 spiro atoms. The second-order valence-corrected chi connectivity index (χ2v) is 4.09. The molecule has 0 aliphatic carbocycles. The average molecular weight is 239 g/mol. The van der Waals surface area contributed by atoms with Crippen LogP contribution in [0.4, 0.5) is 0 Å². The van der Waals surface area contributed by atoms with Crippen LogP contribution >= 0.6 is 0 Å². The first-order chi connectivity index (χ1) is 8.17. The molecule has 1 rings (SSSR count). The number of carbonyl (C=O) groups is 1. The van der Waals surface area contributed by atoms with Crippen LogP contribution in [0, 0.1) is 0 Å². The number of hydrogen-bond donors (Lipinski definition) is 1. The number of rotatable bonds is 8. The lowest BCUT2D eigenvalue weighted by Crippen LogP contribution is -2.26. The van der Waals surface area contributed by atoms with E-state index in [1.807, 2.05) is 19.4 Å². The van der Waals surface area contributed by atoms with Crippen LogP contribution < -0.4 is 0 Å². The zero-order chi connectivity index (χ0) is 12.7. The summed E-state index contributed by atoms with van der Waals surface area (Å²) in [6.45, 7) is 7.34. The van der Waals surface area contributed by atoms with Crippen LogP contribution in [0.2, 0.25) is 0 Å². The highest BCUT2D eigenvalue weighted by atomic mass is 16.4. The molecule has 1 N–H and O–H groups in total. The Kier molecular flexibility index (Phi) is 5.69. The third kappa shape index (κ3) is 4.56. The number of aliphatic carboxylic acids is 1. The van der Waals surface area contributed by atoms with E-state index in [9.17, 15) is 4.79 Å². The molecule has 0 aliphatic rings. The van der Waals surface area contributed by atoms with Crippen LogP contribution in [-0.4, -0.2) is 38.6 Å². The smallest absolute Gasteiger partial charge is 0.304 e. The van der Waals surface area contributed by atoms with Gasteiger partial charge in [-0.25, -0.2) is 4.98 Å². The summed E-state index contributed by atoms with van der Waals surface area (Å²) >= 11 is 0. The SMILES string of the molecule is CCCn1cncc1CN(CC)CCC(=O)O. The van der Waals surface area contributed by atoms with Crippen molar-refractivity contribution in [2.75, 3.05) is 13.1 Å². The summed E-state index contributed by atoms with van der Waals surface area (Å²) in [7, 11) is 0. The Balaban J connectivity index is 2.54. The van der Waals surface area contributed by atoms with Gasteiger partial charge in [-0.1, -0.05) is 13.8 Å². The molecule has 1 aromatic heterocycles. The predicted octanol–water partition coefficient (Wildman–Crippen LogP) is 1.59. The Morgan fingerprint density at radius 3 is 2.88 bits per heavy atom. The van der Waals surface area contributed by atoms with Gasteiger partial charge in [-0.2, -0.15) is 0 Å². The van der Waals surface area contributed by atoms with Gasteiger partial charge in [0.05, 0.1) is 18.4 Å². The third-order valence-corrected chi connectivity index (χ3v) is 2.74. The molecule has 0 aromatic carbocycles. The molecular formula is C12H21N3O2. The summed E-state index contributed by atoms with van der Waals surface area (Å²) in [6, 6.07) is 0. The Labute approximate surface area is 102 Å². The van der Waals surface area contributed by atoms with Crippen molar-refractivity contribution in [2.24, 2.45) is 0 Å². The maximum atomic E-state index is 10.5. The zero-order valence-corrected chi connectivity index (χ0v) is 10.6. The van der Waals surface area contributed by atoms with Crippen molar-refractivity contribution < 1.29 is 9.90 Å². The molecule has 0 atom stereocenters. The molecule has 5 heteroatoms. The fourth-order valence-electron chi connectivity index (χ4n) is 1.75. The van der Waals surface area contributed by atoms with Crippen molar-refractivity contribution in [3.63, 3.8) is 0 Å². The molecule has 5 nitrogen and oxygen atoms in total. The van der Waals surface area contributed by atoms with Crippen LogP contribution in [0.15, 0.2) is 12.5 Å². The van der Waals surface area contributed by atoms with Gasteiger partial charge in [0.1, 0.15) is 0 Å². The molecule has 1 heterocycles. The van der Waals surface area contributed by atoms with Crippen molar-refractivity contribution >= 4 is 5.97 Å². The van der Waals surface area contributed by atoms with E-state index in [1.54, 1.807) is 0 Å². The summed E-state index contributed by atoms with van der Waals surface area (Å²) in [5.41, 5.74) is 1.15. The molecular weight excluding hydrogens is 218 g/mol. The second-order valence-electron chi connectivity index (χ2n) is 4.09. The van der Waals surface area contributed by atoms with Gasteiger partial charge in [0, 0.05) is 25.8 Å². The van der Waals surface area contributed by atoms with Crippen molar-refractivity contribution in [3.05, 3.63) is 18.2 Å². The van der Waals surface area contributed by atoms with E-state index in [2.05, 4.69) is 21.4 Å². The second kappa shape index (κ2) is 7.06. The summed E-state index contributed by atoms with van der Waals surface area (Å²) in [5.74, 6) is -0.745. The molecule has 0 fully saturated rings. The number of carboxylic acid groups (broad SMARTS) is 1. The summed E-state index contributed by atoms with van der Waals surface area (Å²) < 4.78 is 2.13. The molecule has 17 heavy (non-hydrogen) atoms. The lowest BCUT2D eigenvalue weighted by molar-refractivity contribution is -0.137. The Morgan fingerprint density at radius 2 is 2.29 bits per heavy atom. The third-order valence-electron chi connectivity index (χ3n) is 2.74. The standard InChI is InChI=1S/C12H21N3O2/c1-3-6-15-10-13-8-11(15)9-14(4-2)7-5-12(16)17/h8,10H,3-7,9H2,1-2H3,(H,16,17). The number of aromatic nitrogens is 2. The summed E-state index contributed by atoms with van der Waals surface area (Å²) in [6.07, 6.45) is 4.96. The minimum Gasteiger partial charge on any atom is -0.481 e. The minimum absolute atomic E-state index is 0.190.